The molecule has 0 bridgehead atoms. The van der Waals surface area contributed by atoms with Gasteiger partial charge in [-0.15, -0.1) is 0 Å². The molecular weight excluding hydrogens is 396 g/mol. The first kappa shape index (κ1) is 19.7. The molecule has 0 unspecified atom stereocenters. The fourth-order valence-electron chi connectivity index (χ4n) is 3.34. The highest BCUT2D eigenvalue weighted by molar-refractivity contribution is 6.13. The molecule has 0 saturated carbocycles. The molecule has 0 aliphatic carbocycles. The van der Waals surface area contributed by atoms with E-state index in [1.807, 2.05) is 0 Å². The summed E-state index contributed by atoms with van der Waals surface area (Å²) in [6.07, 6.45) is 0.844. The first-order chi connectivity index (χ1) is 14.2. The van der Waals surface area contributed by atoms with Crippen LogP contribution in [0.25, 0.3) is 22.4 Å². The van der Waals surface area contributed by atoms with E-state index >= 15 is 0 Å². The summed E-state index contributed by atoms with van der Waals surface area (Å²) in [5, 5.41) is 15.4. The molecule has 0 fully saturated rings. The van der Waals surface area contributed by atoms with Crippen molar-refractivity contribution in [2.75, 3.05) is 5.32 Å². The van der Waals surface area contributed by atoms with E-state index in [1.54, 1.807) is 51.0 Å². The summed E-state index contributed by atoms with van der Waals surface area (Å²) in [4.78, 5) is 17.6. The second kappa shape index (κ2) is 7.32. The van der Waals surface area contributed by atoms with E-state index in [2.05, 4.69) is 25.7 Å². The van der Waals surface area contributed by atoms with Gasteiger partial charge in [-0.1, -0.05) is 5.16 Å². The first-order valence-electron chi connectivity index (χ1n) is 9.14. The summed E-state index contributed by atoms with van der Waals surface area (Å²) in [5.41, 5.74) is 3.53. The average molecular weight is 415 g/mol. The highest BCUT2D eigenvalue weighted by Gasteiger charge is 2.22. The molecule has 0 radical (unpaired) electrons. The zero-order valence-corrected chi connectivity index (χ0v) is 16.8. The monoisotopic (exact) mass is 415 g/mol. The van der Waals surface area contributed by atoms with Crippen LogP contribution >= 0.6 is 0 Å². The van der Waals surface area contributed by atoms with Crippen LogP contribution in [0.1, 0.15) is 27.4 Å². The third-order valence-corrected chi connectivity index (χ3v) is 4.79. The maximum atomic E-state index is 13.2. The van der Waals surface area contributed by atoms with Gasteiger partial charge in [-0.25, -0.2) is 13.8 Å². The van der Waals surface area contributed by atoms with Crippen molar-refractivity contribution in [2.45, 2.75) is 33.7 Å². The van der Waals surface area contributed by atoms with Crippen molar-refractivity contribution in [1.82, 2.24) is 29.7 Å². The minimum atomic E-state index is -2.55. The van der Waals surface area contributed by atoms with Crippen LogP contribution in [-0.4, -0.2) is 42.0 Å². The minimum Gasteiger partial charge on any atom is -0.335 e. The van der Waals surface area contributed by atoms with Gasteiger partial charge in [0.15, 0.2) is 0 Å². The number of carbonyl (C=O) groups excluding carboxylic acids is 1. The molecule has 0 atom stereocenters. The molecule has 0 aromatic carbocycles. The van der Waals surface area contributed by atoms with Crippen molar-refractivity contribution in [1.29, 1.82) is 0 Å². The second-order valence-corrected chi connectivity index (χ2v) is 6.98. The van der Waals surface area contributed by atoms with Crippen LogP contribution in [0.3, 0.4) is 0 Å². The molecule has 0 aliphatic heterocycles. The Morgan fingerprint density at radius 1 is 1.27 bits per heavy atom. The predicted octanol–water partition coefficient (Wildman–Crippen LogP) is 3.26. The number of nitrogens with one attached hydrogen (secondary N) is 1. The number of carbonyl (C=O) groups is 1. The Balaban J connectivity index is 1.76. The largest absolute Gasteiger partial charge is 0.335 e. The summed E-state index contributed by atoms with van der Waals surface area (Å²) in [6, 6.07) is 1.63. The van der Waals surface area contributed by atoms with Crippen molar-refractivity contribution >= 4 is 22.7 Å². The lowest BCUT2D eigenvalue weighted by molar-refractivity contribution is 0.102. The second-order valence-electron chi connectivity index (χ2n) is 6.98. The molecule has 4 heterocycles. The van der Waals surface area contributed by atoms with Crippen LogP contribution < -0.4 is 5.32 Å². The minimum absolute atomic E-state index is 0.223. The summed E-state index contributed by atoms with van der Waals surface area (Å²) < 4.78 is 33.7. The Kier molecular flexibility index (Phi) is 4.80. The highest BCUT2D eigenvalue weighted by atomic mass is 19.3. The van der Waals surface area contributed by atoms with Gasteiger partial charge in [0.25, 0.3) is 18.0 Å². The van der Waals surface area contributed by atoms with Crippen LogP contribution in [-0.2, 0) is 13.6 Å². The molecule has 4 rings (SSSR count). The lowest BCUT2D eigenvalue weighted by atomic mass is 10.1. The third-order valence-electron chi connectivity index (χ3n) is 4.79. The van der Waals surface area contributed by atoms with Gasteiger partial charge in [0.1, 0.15) is 6.54 Å². The first-order valence-corrected chi connectivity index (χ1v) is 9.14. The van der Waals surface area contributed by atoms with Crippen LogP contribution in [0, 0.1) is 20.8 Å². The molecule has 0 aliphatic rings. The SMILES string of the molecule is Cc1nn(CC(F)F)c(C)c1NC(=O)c1cc(-c2cnn(C)c2)nc2onc(C)c12. The molecule has 1 N–H and O–H groups in total. The lowest BCUT2D eigenvalue weighted by Crippen LogP contribution is -2.15. The maximum absolute atomic E-state index is 13.2. The molecular formula is C19H19F2N7O2. The van der Waals surface area contributed by atoms with E-state index < -0.39 is 18.9 Å². The molecule has 0 spiro atoms. The van der Waals surface area contributed by atoms with E-state index in [9.17, 15) is 13.6 Å². The van der Waals surface area contributed by atoms with Crippen molar-refractivity contribution in [3.63, 3.8) is 0 Å². The smallest absolute Gasteiger partial charge is 0.259 e. The number of nitrogens with zero attached hydrogens (tertiary/aromatic N) is 6. The number of rotatable bonds is 5. The normalized spacial score (nSPS) is 11.6. The molecule has 9 nitrogen and oxygen atoms in total. The van der Waals surface area contributed by atoms with Gasteiger partial charge in [0.05, 0.1) is 45.6 Å². The highest BCUT2D eigenvalue weighted by Crippen LogP contribution is 2.28. The number of halogens is 2. The predicted molar refractivity (Wildman–Crippen MR) is 104 cm³/mol. The standard InChI is InChI=1S/C19H19F2N7O2/c1-9-16-13(5-14(23-19(16)30-26-9)12-6-22-27(4)7-12)18(29)24-17-10(2)25-28(11(17)3)8-15(20)21/h5-7,15H,8H2,1-4H3,(H,24,29). The molecule has 11 heteroatoms. The van der Waals surface area contributed by atoms with Gasteiger partial charge in [0, 0.05) is 18.8 Å². The molecule has 4 aromatic heterocycles. The van der Waals surface area contributed by atoms with Gasteiger partial charge in [-0.2, -0.15) is 10.2 Å². The van der Waals surface area contributed by atoms with E-state index in [4.69, 9.17) is 4.52 Å². The Labute approximate surface area is 169 Å². The average Bonchev–Trinajstić information content (AvgIpc) is 3.35. The van der Waals surface area contributed by atoms with E-state index in [0.29, 0.717) is 45.0 Å². The van der Waals surface area contributed by atoms with Gasteiger partial charge in [-0.3, -0.25) is 14.2 Å². The lowest BCUT2D eigenvalue weighted by Gasteiger charge is -2.09. The molecule has 1 amide bonds. The van der Waals surface area contributed by atoms with Gasteiger partial charge in [0.2, 0.25) is 0 Å². The molecule has 30 heavy (non-hydrogen) atoms. The summed E-state index contributed by atoms with van der Waals surface area (Å²) in [6.45, 7) is 4.45. The number of anilines is 1. The van der Waals surface area contributed by atoms with Crippen molar-refractivity contribution in [2.24, 2.45) is 7.05 Å². The van der Waals surface area contributed by atoms with Gasteiger partial charge >= 0.3 is 0 Å². The Bertz CT molecular complexity index is 1260. The summed E-state index contributed by atoms with van der Waals surface area (Å²) in [5.74, 6) is -0.443. The van der Waals surface area contributed by atoms with E-state index in [0.717, 1.165) is 0 Å². The number of pyridine rings is 1. The Morgan fingerprint density at radius 2 is 2.03 bits per heavy atom. The molecule has 4 aromatic rings. The summed E-state index contributed by atoms with van der Waals surface area (Å²) >= 11 is 0. The number of amides is 1. The van der Waals surface area contributed by atoms with Crippen LogP contribution in [0.2, 0.25) is 0 Å². The Morgan fingerprint density at radius 3 is 2.70 bits per heavy atom. The number of fused-ring (bicyclic) bond motifs is 1. The van der Waals surface area contributed by atoms with E-state index in [-0.39, 0.29) is 5.71 Å². The molecule has 0 saturated heterocycles. The van der Waals surface area contributed by atoms with Crippen molar-refractivity contribution < 1.29 is 18.1 Å². The fourth-order valence-corrected chi connectivity index (χ4v) is 3.34. The number of aryl methyl sites for hydroxylation is 3. The maximum Gasteiger partial charge on any atom is 0.259 e. The quantitative estimate of drug-likeness (QED) is 0.537. The van der Waals surface area contributed by atoms with Crippen LogP contribution in [0.15, 0.2) is 23.0 Å². The number of aromatic nitrogens is 6. The number of alkyl halides is 2. The van der Waals surface area contributed by atoms with Gasteiger partial charge in [-0.05, 0) is 26.8 Å². The zero-order chi connectivity index (χ0) is 21.6. The van der Waals surface area contributed by atoms with Crippen LogP contribution in [0.4, 0.5) is 14.5 Å². The Hall–Kier alpha value is -3.63. The summed E-state index contributed by atoms with van der Waals surface area (Å²) in [7, 11) is 1.77. The number of hydrogen-bond donors (Lipinski definition) is 1. The topological polar surface area (TPSA) is 104 Å². The zero-order valence-electron chi connectivity index (χ0n) is 16.8. The fraction of sp³-hybridized carbons (Fsp3) is 0.316. The van der Waals surface area contributed by atoms with Crippen molar-refractivity contribution in [3.8, 4) is 11.3 Å². The van der Waals surface area contributed by atoms with E-state index in [1.165, 1.54) is 4.68 Å². The van der Waals surface area contributed by atoms with Crippen LogP contribution in [0.5, 0.6) is 0 Å². The van der Waals surface area contributed by atoms with Gasteiger partial charge < -0.3 is 9.84 Å². The molecule has 156 valence electrons. The number of hydrogen-bond acceptors (Lipinski definition) is 6. The van der Waals surface area contributed by atoms with Crippen molar-refractivity contribution in [3.05, 3.63) is 41.1 Å². The third kappa shape index (κ3) is 3.42.